The fourth-order valence-corrected chi connectivity index (χ4v) is 2.20. The highest BCUT2D eigenvalue weighted by Gasteiger charge is 2.15. The van der Waals surface area contributed by atoms with E-state index in [1.807, 2.05) is 18.2 Å². The predicted octanol–water partition coefficient (Wildman–Crippen LogP) is 3.11. The van der Waals surface area contributed by atoms with Crippen LogP contribution < -0.4 is 15.8 Å². The van der Waals surface area contributed by atoms with Crippen molar-refractivity contribution in [1.29, 1.82) is 0 Å². The Morgan fingerprint density at radius 3 is 2.70 bits per heavy atom. The lowest BCUT2D eigenvalue weighted by molar-refractivity contribution is -0.125. The van der Waals surface area contributed by atoms with Crippen LogP contribution in [0.15, 0.2) is 18.2 Å². The number of carbonyl (C=O) groups excluding carboxylic acids is 1. The van der Waals surface area contributed by atoms with Crippen molar-refractivity contribution in [2.75, 3.05) is 12.8 Å². The molecule has 0 aliphatic rings. The molecule has 4 nitrogen and oxygen atoms in total. The van der Waals surface area contributed by atoms with Gasteiger partial charge in [-0.2, -0.15) is 0 Å². The van der Waals surface area contributed by atoms with Crippen LogP contribution in [0.1, 0.15) is 45.1 Å². The van der Waals surface area contributed by atoms with Gasteiger partial charge in [-0.05, 0) is 30.5 Å². The van der Waals surface area contributed by atoms with Gasteiger partial charge in [-0.25, -0.2) is 0 Å². The maximum absolute atomic E-state index is 12.1. The van der Waals surface area contributed by atoms with Gasteiger partial charge < -0.3 is 15.8 Å². The SMILES string of the molecule is CCCCC(CC)C(=O)NCc1ccc(OC)c(N)c1. The third-order valence-corrected chi connectivity index (χ3v) is 3.53. The molecule has 0 bridgehead atoms. The first-order valence-corrected chi connectivity index (χ1v) is 7.32. The summed E-state index contributed by atoms with van der Waals surface area (Å²) in [7, 11) is 1.59. The summed E-state index contributed by atoms with van der Waals surface area (Å²) in [4.78, 5) is 12.1. The van der Waals surface area contributed by atoms with Crippen molar-refractivity contribution in [3.8, 4) is 5.75 Å². The van der Waals surface area contributed by atoms with Crippen LogP contribution in [-0.2, 0) is 11.3 Å². The first-order chi connectivity index (χ1) is 9.62. The summed E-state index contributed by atoms with van der Waals surface area (Å²) in [5.41, 5.74) is 7.43. The molecular weight excluding hydrogens is 252 g/mol. The van der Waals surface area contributed by atoms with Crippen molar-refractivity contribution in [3.63, 3.8) is 0 Å². The zero-order valence-electron chi connectivity index (χ0n) is 12.7. The first-order valence-electron chi connectivity index (χ1n) is 7.32. The number of amides is 1. The highest BCUT2D eigenvalue weighted by Crippen LogP contribution is 2.22. The number of ether oxygens (including phenoxy) is 1. The number of nitrogen functional groups attached to an aromatic ring is 1. The van der Waals surface area contributed by atoms with E-state index in [0.29, 0.717) is 18.0 Å². The van der Waals surface area contributed by atoms with Gasteiger partial charge in [0, 0.05) is 12.5 Å². The van der Waals surface area contributed by atoms with Crippen molar-refractivity contribution in [1.82, 2.24) is 5.32 Å². The van der Waals surface area contributed by atoms with Crippen molar-refractivity contribution in [2.45, 2.75) is 46.1 Å². The second kappa shape index (κ2) is 8.46. The van der Waals surface area contributed by atoms with Crippen LogP contribution in [0.25, 0.3) is 0 Å². The summed E-state index contributed by atoms with van der Waals surface area (Å²) in [5, 5.41) is 2.99. The van der Waals surface area contributed by atoms with E-state index in [0.717, 1.165) is 31.2 Å². The standard InChI is InChI=1S/C16H26N2O2/c1-4-6-7-13(5-2)16(19)18-11-12-8-9-15(20-3)14(17)10-12/h8-10,13H,4-7,11,17H2,1-3H3,(H,18,19). The van der Waals surface area contributed by atoms with E-state index in [4.69, 9.17) is 10.5 Å². The van der Waals surface area contributed by atoms with Crippen molar-refractivity contribution in [2.24, 2.45) is 5.92 Å². The Kier molecular flexibility index (Phi) is 6.91. The third kappa shape index (κ3) is 4.76. The molecule has 0 heterocycles. The van der Waals surface area contributed by atoms with Crippen LogP contribution in [0.4, 0.5) is 5.69 Å². The Bertz CT molecular complexity index is 432. The molecule has 1 atom stereocenters. The van der Waals surface area contributed by atoms with Crippen LogP contribution in [0.5, 0.6) is 5.75 Å². The highest BCUT2D eigenvalue weighted by molar-refractivity contribution is 5.78. The molecule has 0 aliphatic carbocycles. The molecule has 0 aromatic heterocycles. The molecule has 1 aromatic rings. The van der Waals surface area contributed by atoms with E-state index >= 15 is 0 Å². The second-order valence-electron chi connectivity index (χ2n) is 5.04. The smallest absolute Gasteiger partial charge is 0.223 e. The minimum atomic E-state index is 0.116. The Labute approximate surface area is 121 Å². The molecule has 1 amide bonds. The molecule has 0 spiro atoms. The molecule has 1 unspecified atom stereocenters. The van der Waals surface area contributed by atoms with Gasteiger partial charge in [0.2, 0.25) is 5.91 Å². The number of nitrogens with two attached hydrogens (primary N) is 1. The van der Waals surface area contributed by atoms with E-state index in [1.165, 1.54) is 0 Å². The molecule has 0 aliphatic heterocycles. The molecule has 0 fully saturated rings. The van der Waals surface area contributed by atoms with Crippen LogP contribution in [0.3, 0.4) is 0 Å². The molecule has 0 radical (unpaired) electrons. The topological polar surface area (TPSA) is 64.3 Å². The number of anilines is 1. The van der Waals surface area contributed by atoms with Gasteiger partial charge in [-0.15, -0.1) is 0 Å². The lowest BCUT2D eigenvalue weighted by atomic mass is 9.98. The summed E-state index contributed by atoms with van der Waals surface area (Å²) < 4.78 is 5.11. The van der Waals surface area contributed by atoms with Gasteiger partial charge in [0.05, 0.1) is 12.8 Å². The van der Waals surface area contributed by atoms with Crippen molar-refractivity contribution < 1.29 is 9.53 Å². The quantitative estimate of drug-likeness (QED) is 0.718. The maximum Gasteiger partial charge on any atom is 0.223 e. The Morgan fingerprint density at radius 1 is 1.40 bits per heavy atom. The van der Waals surface area contributed by atoms with Crippen LogP contribution in [0.2, 0.25) is 0 Å². The number of hydrogen-bond acceptors (Lipinski definition) is 3. The Balaban J connectivity index is 2.53. The number of benzene rings is 1. The highest BCUT2D eigenvalue weighted by atomic mass is 16.5. The van der Waals surface area contributed by atoms with Gasteiger partial charge >= 0.3 is 0 Å². The monoisotopic (exact) mass is 278 g/mol. The van der Waals surface area contributed by atoms with Crippen LogP contribution in [0, 0.1) is 5.92 Å². The Morgan fingerprint density at radius 2 is 2.15 bits per heavy atom. The fraction of sp³-hybridized carbons (Fsp3) is 0.562. The molecule has 1 rings (SSSR count). The first kappa shape index (κ1) is 16.3. The van der Waals surface area contributed by atoms with Gasteiger partial charge in [-0.3, -0.25) is 4.79 Å². The number of methoxy groups -OCH3 is 1. The van der Waals surface area contributed by atoms with Gasteiger partial charge in [-0.1, -0.05) is 32.8 Å². The number of unbranched alkanes of at least 4 members (excludes halogenated alkanes) is 1. The average Bonchev–Trinajstić information content (AvgIpc) is 2.46. The van der Waals surface area contributed by atoms with E-state index in [-0.39, 0.29) is 11.8 Å². The normalized spacial score (nSPS) is 11.9. The molecule has 4 heteroatoms. The van der Waals surface area contributed by atoms with Gasteiger partial charge in [0.25, 0.3) is 0 Å². The largest absolute Gasteiger partial charge is 0.495 e. The maximum atomic E-state index is 12.1. The third-order valence-electron chi connectivity index (χ3n) is 3.53. The zero-order chi connectivity index (χ0) is 15.0. The molecule has 20 heavy (non-hydrogen) atoms. The summed E-state index contributed by atoms with van der Waals surface area (Å²) in [6.07, 6.45) is 4.07. The second-order valence-corrected chi connectivity index (χ2v) is 5.04. The van der Waals surface area contributed by atoms with Crippen molar-refractivity contribution in [3.05, 3.63) is 23.8 Å². The minimum Gasteiger partial charge on any atom is -0.495 e. The van der Waals surface area contributed by atoms with Gasteiger partial charge in [0.1, 0.15) is 5.75 Å². The number of hydrogen-bond donors (Lipinski definition) is 2. The minimum absolute atomic E-state index is 0.116. The average molecular weight is 278 g/mol. The van der Waals surface area contributed by atoms with Gasteiger partial charge in [0.15, 0.2) is 0 Å². The lowest BCUT2D eigenvalue weighted by Crippen LogP contribution is -2.30. The van der Waals surface area contributed by atoms with E-state index < -0.39 is 0 Å². The number of carbonyl (C=O) groups is 1. The summed E-state index contributed by atoms with van der Waals surface area (Å²) in [6.45, 7) is 4.71. The number of nitrogens with one attached hydrogen (secondary N) is 1. The van der Waals surface area contributed by atoms with E-state index in [2.05, 4.69) is 19.2 Å². The summed E-state index contributed by atoms with van der Waals surface area (Å²) in [6, 6.07) is 5.58. The van der Waals surface area contributed by atoms with Crippen LogP contribution >= 0.6 is 0 Å². The zero-order valence-corrected chi connectivity index (χ0v) is 12.7. The van der Waals surface area contributed by atoms with Crippen LogP contribution in [-0.4, -0.2) is 13.0 Å². The predicted molar refractivity (Wildman–Crippen MR) is 82.6 cm³/mol. The van der Waals surface area contributed by atoms with E-state index in [1.54, 1.807) is 7.11 Å². The van der Waals surface area contributed by atoms with E-state index in [9.17, 15) is 4.79 Å². The van der Waals surface area contributed by atoms with Crippen molar-refractivity contribution >= 4 is 11.6 Å². The summed E-state index contributed by atoms with van der Waals surface area (Å²) in [5.74, 6) is 0.912. The summed E-state index contributed by atoms with van der Waals surface area (Å²) >= 11 is 0. The molecule has 112 valence electrons. The number of rotatable bonds is 8. The molecular formula is C16H26N2O2. The fourth-order valence-electron chi connectivity index (χ4n) is 2.20. The molecule has 3 N–H and O–H groups in total. The lowest BCUT2D eigenvalue weighted by Gasteiger charge is -2.15. The Hall–Kier alpha value is -1.71. The molecule has 0 saturated heterocycles. The molecule has 1 aromatic carbocycles. The molecule has 0 saturated carbocycles.